The molecule has 1 aromatic rings. The van der Waals surface area contributed by atoms with Crippen molar-refractivity contribution in [2.45, 2.75) is 58.3 Å². The van der Waals surface area contributed by atoms with Gasteiger partial charge in [0.2, 0.25) is 0 Å². The van der Waals surface area contributed by atoms with Crippen molar-refractivity contribution in [1.82, 2.24) is 0 Å². The van der Waals surface area contributed by atoms with E-state index in [4.69, 9.17) is 0 Å². The van der Waals surface area contributed by atoms with Gasteiger partial charge >= 0.3 is 0 Å². The zero-order chi connectivity index (χ0) is 15.9. The van der Waals surface area contributed by atoms with Crippen LogP contribution >= 0.6 is 0 Å². The molecule has 3 heteroatoms. The van der Waals surface area contributed by atoms with Gasteiger partial charge in [0.25, 0.3) is 5.91 Å². The number of unbranched alkanes of at least 4 members (excludes halogenated alkanes) is 6. The number of likely N-dealkylation sites (N-methyl/N-ethyl adjacent to an activating group) is 1. The summed E-state index contributed by atoms with van der Waals surface area (Å²) in [4.78, 5) is 13.9. The molecule has 1 aliphatic heterocycles. The van der Waals surface area contributed by atoms with Crippen molar-refractivity contribution >= 4 is 17.2 Å². The predicted octanol–water partition coefficient (Wildman–Crippen LogP) is 5.07. The molecule has 0 fully saturated rings. The third kappa shape index (κ3) is 3.70. The fraction of sp³-hybridized carbons (Fsp3) is 0.526. The van der Waals surface area contributed by atoms with Gasteiger partial charge in [-0.2, -0.15) is 0 Å². The highest BCUT2D eigenvalue weighted by molar-refractivity contribution is 6.32. The van der Waals surface area contributed by atoms with Crippen molar-refractivity contribution in [1.29, 1.82) is 0 Å². The van der Waals surface area contributed by atoms with Crippen LogP contribution in [0.1, 0.15) is 63.9 Å². The van der Waals surface area contributed by atoms with Crippen LogP contribution in [-0.2, 0) is 4.79 Å². The quantitative estimate of drug-likeness (QED) is 0.413. The van der Waals surface area contributed by atoms with Crippen molar-refractivity contribution in [3.05, 3.63) is 35.6 Å². The lowest BCUT2D eigenvalue weighted by Gasteiger charge is -2.08. The highest BCUT2D eigenvalue weighted by Gasteiger charge is 2.31. The molecular weight excluding hydrogens is 274 g/mol. The number of nitrogens with zero attached hydrogens (tertiary/aromatic N) is 1. The third-order valence-electron chi connectivity index (χ3n) is 4.36. The molecule has 0 saturated carbocycles. The Labute approximate surface area is 133 Å². The molecule has 1 amide bonds. The Kier molecular flexibility index (Phi) is 6.05. The van der Waals surface area contributed by atoms with E-state index in [1.165, 1.54) is 32.1 Å². The lowest BCUT2D eigenvalue weighted by molar-refractivity contribution is -0.112. The summed E-state index contributed by atoms with van der Waals surface area (Å²) in [6.45, 7) is 2.22. The molecule has 3 nitrogen and oxygen atoms in total. The maximum Gasteiger partial charge on any atom is 0.262 e. The van der Waals surface area contributed by atoms with Crippen LogP contribution in [-0.4, -0.2) is 18.1 Å². The summed E-state index contributed by atoms with van der Waals surface area (Å²) in [7, 11) is 1.76. The van der Waals surface area contributed by atoms with Crippen LogP contribution in [0.5, 0.6) is 0 Å². The summed E-state index contributed by atoms with van der Waals surface area (Å²) in [5, 5.41) is 10.4. The highest BCUT2D eigenvalue weighted by atomic mass is 16.3. The minimum Gasteiger partial charge on any atom is -0.511 e. The number of hydrogen-bond acceptors (Lipinski definition) is 2. The fourth-order valence-electron chi connectivity index (χ4n) is 3.02. The summed E-state index contributed by atoms with van der Waals surface area (Å²) in [5.41, 5.74) is 2.23. The molecular formula is C19H27NO2. The van der Waals surface area contributed by atoms with Crippen LogP contribution in [0.25, 0.3) is 5.57 Å². The zero-order valence-corrected chi connectivity index (χ0v) is 13.8. The second-order valence-electron chi connectivity index (χ2n) is 6.07. The SMILES string of the molecule is CCCCCCCCCC(O)=C1C(=O)N(C)c2ccccc21. The zero-order valence-electron chi connectivity index (χ0n) is 13.8. The van der Waals surface area contributed by atoms with Crippen LogP contribution in [0.3, 0.4) is 0 Å². The van der Waals surface area contributed by atoms with Crippen molar-refractivity contribution in [2.24, 2.45) is 0 Å². The topological polar surface area (TPSA) is 40.5 Å². The molecule has 0 bridgehead atoms. The number of hydrogen-bond donors (Lipinski definition) is 1. The van der Waals surface area contributed by atoms with E-state index in [0.29, 0.717) is 12.0 Å². The number of fused-ring (bicyclic) bond motifs is 1. The van der Waals surface area contributed by atoms with E-state index < -0.39 is 0 Å². The molecule has 0 aliphatic carbocycles. The van der Waals surface area contributed by atoms with Crippen LogP contribution < -0.4 is 4.90 Å². The van der Waals surface area contributed by atoms with Crippen LogP contribution in [0.2, 0.25) is 0 Å². The largest absolute Gasteiger partial charge is 0.511 e. The number of anilines is 1. The number of benzene rings is 1. The summed E-state index contributed by atoms with van der Waals surface area (Å²) in [6, 6.07) is 7.65. The number of carbonyl (C=O) groups excluding carboxylic acids is 1. The van der Waals surface area contributed by atoms with E-state index >= 15 is 0 Å². The molecule has 1 aromatic carbocycles. The third-order valence-corrected chi connectivity index (χ3v) is 4.36. The molecule has 0 radical (unpaired) electrons. The molecule has 1 N–H and O–H groups in total. The normalized spacial score (nSPS) is 16.1. The van der Waals surface area contributed by atoms with Gasteiger partial charge in [-0.05, 0) is 12.5 Å². The summed E-state index contributed by atoms with van der Waals surface area (Å²) in [5.74, 6) is 0.150. The standard InChI is InChI=1S/C19H27NO2/c1-3-4-5-6-7-8-9-14-17(21)18-15-12-10-11-13-16(15)20(2)19(18)22/h10-13,21H,3-9,14H2,1-2H3. The van der Waals surface area contributed by atoms with Crippen LogP contribution in [0, 0.1) is 0 Å². The van der Waals surface area contributed by atoms with Gasteiger partial charge < -0.3 is 10.0 Å². The summed E-state index contributed by atoms with van der Waals surface area (Å²) >= 11 is 0. The molecule has 1 aliphatic rings. The number of amides is 1. The van der Waals surface area contributed by atoms with E-state index in [2.05, 4.69) is 6.92 Å². The van der Waals surface area contributed by atoms with E-state index in [-0.39, 0.29) is 11.7 Å². The first-order chi connectivity index (χ1) is 10.7. The van der Waals surface area contributed by atoms with Gasteiger partial charge in [0, 0.05) is 19.0 Å². The average molecular weight is 301 g/mol. The molecule has 0 spiro atoms. The van der Waals surface area contributed by atoms with Gasteiger partial charge in [-0.1, -0.05) is 63.6 Å². The van der Waals surface area contributed by atoms with Crippen molar-refractivity contribution in [3.8, 4) is 0 Å². The minimum absolute atomic E-state index is 0.0957. The van der Waals surface area contributed by atoms with Crippen LogP contribution in [0.4, 0.5) is 5.69 Å². The van der Waals surface area contributed by atoms with Gasteiger partial charge in [-0.25, -0.2) is 0 Å². The summed E-state index contributed by atoms with van der Waals surface area (Å²) in [6.07, 6.45) is 9.03. The van der Waals surface area contributed by atoms with Gasteiger partial charge in [0.1, 0.15) is 5.76 Å². The average Bonchev–Trinajstić information content (AvgIpc) is 2.78. The van der Waals surface area contributed by atoms with Gasteiger partial charge in [0.05, 0.1) is 11.3 Å². The second-order valence-corrected chi connectivity index (χ2v) is 6.07. The Hall–Kier alpha value is -1.77. The van der Waals surface area contributed by atoms with Crippen molar-refractivity contribution in [3.63, 3.8) is 0 Å². The van der Waals surface area contributed by atoms with E-state index in [9.17, 15) is 9.90 Å². The minimum atomic E-state index is -0.0957. The molecule has 120 valence electrons. The smallest absolute Gasteiger partial charge is 0.262 e. The Morgan fingerprint density at radius 3 is 2.41 bits per heavy atom. The molecule has 0 saturated heterocycles. The van der Waals surface area contributed by atoms with Gasteiger partial charge in [0.15, 0.2) is 0 Å². The Bertz CT molecular complexity index is 548. The molecule has 2 rings (SSSR count). The van der Waals surface area contributed by atoms with Gasteiger partial charge in [-0.15, -0.1) is 0 Å². The Morgan fingerprint density at radius 2 is 1.68 bits per heavy atom. The monoisotopic (exact) mass is 301 g/mol. The first kappa shape index (κ1) is 16.6. The van der Waals surface area contributed by atoms with E-state index in [0.717, 1.165) is 24.1 Å². The number of rotatable bonds is 8. The Balaban J connectivity index is 1.92. The molecule has 0 atom stereocenters. The van der Waals surface area contributed by atoms with E-state index in [1.807, 2.05) is 24.3 Å². The van der Waals surface area contributed by atoms with Gasteiger partial charge in [-0.3, -0.25) is 4.79 Å². The maximum atomic E-state index is 12.3. The molecule has 22 heavy (non-hydrogen) atoms. The lowest BCUT2D eigenvalue weighted by atomic mass is 10.0. The first-order valence-corrected chi connectivity index (χ1v) is 8.46. The molecule has 0 unspecified atom stereocenters. The van der Waals surface area contributed by atoms with Crippen molar-refractivity contribution < 1.29 is 9.90 Å². The first-order valence-electron chi connectivity index (χ1n) is 8.46. The molecule has 1 heterocycles. The summed E-state index contributed by atoms with van der Waals surface area (Å²) < 4.78 is 0. The van der Waals surface area contributed by atoms with Crippen molar-refractivity contribution in [2.75, 3.05) is 11.9 Å². The Morgan fingerprint density at radius 1 is 1.05 bits per heavy atom. The lowest BCUT2D eigenvalue weighted by Crippen LogP contribution is -2.20. The fourth-order valence-corrected chi connectivity index (χ4v) is 3.02. The van der Waals surface area contributed by atoms with Crippen LogP contribution in [0.15, 0.2) is 30.0 Å². The predicted molar refractivity (Wildman–Crippen MR) is 92.0 cm³/mol. The number of carbonyl (C=O) groups is 1. The number of aliphatic hydroxyl groups is 1. The molecule has 0 aromatic heterocycles. The number of allylic oxidation sites excluding steroid dienone is 1. The number of para-hydroxylation sites is 1. The maximum absolute atomic E-state index is 12.3. The second kappa shape index (κ2) is 8.02. The van der Waals surface area contributed by atoms with E-state index in [1.54, 1.807) is 11.9 Å². The highest BCUT2D eigenvalue weighted by Crippen LogP contribution is 2.37. The number of aliphatic hydroxyl groups excluding tert-OH is 1.